The van der Waals surface area contributed by atoms with E-state index in [-0.39, 0.29) is 36.8 Å². The van der Waals surface area contributed by atoms with Crippen molar-refractivity contribution in [3.63, 3.8) is 0 Å². The first-order valence-corrected chi connectivity index (χ1v) is 11.5. The van der Waals surface area contributed by atoms with Crippen molar-refractivity contribution in [1.82, 2.24) is 9.80 Å². The molecule has 0 radical (unpaired) electrons. The highest BCUT2D eigenvalue weighted by Gasteiger charge is 2.35. The molecule has 2 aromatic carbocycles. The number of hydrogen-bond donors (Lipinski definition) is 0. The zero-order valence-corrected chi connectivity index (χ0v) is 18.5. The van der Waals surface area contributed by atoms with Crippen LogP contribution in [0.25, 0.3) is 0 Å². The molecule has 1 fully saturated rings. The molecule has 1 aromatic heterocycles. The molecular weight excluding hydrogens is 427 g/mol. The van der Waals surface area contributed by atoms with Crippen LogP contribution >= 0.6 is 11.3 Å². The summed E-state index contributed by atoms with van der Waals surface area (Å²) in [6, 6.07) is 19.3. The van der Waals surface area contributed by atoms with Crippen molar-refractivity contribution in [2.24, 2.45) is 0 Å². The average molecular weight is 453 g/mol. The molecule has 0 unspecified atom stereocenters. The lowest BCUT2D eigenvalue weighted by Gasteiger charge is -2.27. The number of halogens is 1. The predicted molar refractivity (Wildman–Crippen MR) is 122 cm³/mol. The molecule has 1 aliphatic rings. The van der Waals surface area contributed by atoms with Crippen LogP contribution in [0.15, 0.2) is 72.1 Å². The molecule has 1 saturated carbocycles. The SMILES string of the molecule is O=C(CN(C(=O)COc1ccccc1)C1CC1)N(Cc1ccc(F)cc1)Cc1cccs1. The second kappa shape index (κ2) is 10.4. The minimum absolute atomic E-state index is 0.00815. The first kappa shape index (κ1) is 22.0. The molecular formula is C25H25FN2O3S. The van der Waals surface area contributed by atoms with Gasteiger partial charge >= 0.3 is 0 Å². The highest BCUT2D eigenvalue weighted by atomic mass is 32.1. The van der Waals surface area contributed by atoms with Crippen LogP contribution in [0.4, 0.5) is 4.39 Å². The Kier molecular flexibility index (Phi) is 7.17. The van der Waals surface area contributed by atoms with Crippen LogP contribution in [0, 0.1) is 5.82 Å². The first-order chi connectivity index (χ1) is 15.6. The summed E-state index contributed by atoms with van der Waals surface area (Å²) in [5.41, 5.74) is 0.841. The lowest BCUT2D eigenvalue weighted by Crippen LogP contribution is -2.45. The summed E-state index contributed by atoms with van der Waals surface area (Å²) < 4.78 is 18.9. The quantitative estimate of drug-likeness (QED) is 0.456. The maximum Gasteiger partial charge on any atom is 0.261 e. The number of nitrogens with zero attached hydrogens (tertiary/aromatic N) is 2. The summed E-state index contributed by atoms with van der Waals surface area (Å²) in [6.07, 6.45) is 1.79. The molecule has 0 bridgehead atoms. The van der Waals surface area contributed by atoms with Gasteiger partial charge in [-0.15, -0.1) is 11.3 Å². The van der Waals surface area contributed by atoms with Crippen molar-refractivity contribution in [3.05, 3.63) is 88.4 Å². The maximum atomic E-state index is 13.3. The van der Waals surface area contributed by atoms with E-state index in [1.807, 2.05) is 35.7 Å². The number of amides is 2. The minimum Gasteiger partial charge on any atom is -0.484 e. The Balaban J connectivity index is 1.43. The molecule has 32 heavy (non-hydrogen) atoms. The molecule has 1 aliphatic carbocycles. The van der Waals surface area contributed by atoms with E-state index in [9.17, 15) is 14.0 Å². The summed E-state index contributed by atoms with van der Waals surface area (Å²) in [6.45, 7) is 0.705. The monoisotopic (exact) mass is 452 g/mol. The normalized spacial score (nSPS) is 12.9. The van der Waals surface area contributed by atoms with Crippen LogP contribution in [0.3, 0.4) is 0 Å². The van der Waals surface area contributed by atoms with Crippen LogP contribution in [-0.2, 0) is 22.7 Å². The number of thiophene rings is 1. The molecule has 4 rings (SSSR count). The number of para-hydroxylation sites is 1. The fourth-order valence-corrected chi connectivity index (χ4v) is 4.15. The highest BCUT2D eigenvalue weighted by molar-refractivity contribution is 7.09. The Morgan fingerprint density at radius 2 is 1.69 bits per heavy atom. The van der Waals surface area contributed by atoms with Crippen molar-refractivity contribution >= 4 is 23.2 Å². The lowest BCUT2D eigenvalue weighted by atomic mass is 10.2. The van der Waals surface area contributed by atoms with Crippen LogP contribution in [0.1, 0.15) is 23.3 Å². The molecule has 5 nitrogen and oxygen atoms in total. The van der Waals surface area contributed by atoms with E-state index in [0.717, 1.165) is 23.3 Å². The maximum absolute atomic E-state index is 13.3. The van der Waals surface area contributed by atoms with Gasteiger partial charge in [0.25, 0.3) is 5.91 Å². The van der Waals surface area contributed by atoms with Gasteiger partial charge in [-0.05, 0) is 54.1 Å². The highest BCUT2D eigenvalue weighted by Crippen LogP contribution is 2.27. The minimum atomic E-state index is -0.311. The topological polar surface area (TPSA) is 49.9 Å². The Morgan fingerprint density at radius 1 is 0.938 bits per heavy atom. The lowest BCUT2D eigenvalue weighted by molar-refractivity contribution is -0.142. The summed E-state index contributed by atoms with van der Waals surface area (Å²) >= 11 is 1.58. The van der Waals surface area contributed by atoms with Crippen molar-refractivity contribution in [3.8, 4) is 5.75 Å². The van der Waals surface area contributed by atoms with Crippen LogP contribution < -0.4 is 4.74 Å². The van der Waals surface area contributed by atoms with Gasteiger partial charge in [0.1, 0.15) is 18.1 Å². The zero-order chi connectivity index (χ0) is 22.3. The van der Waals surface area contributed by atoms with E-state index in [1.165, 1.54) is 12.1 Å². The van der Waals surface area contributed by atoms with Crippen LogP contribution in [0.2, 0.25) is 0 Å². The third-order valence-electron chi connectivity index (χ3n) is 5.29. The van der Waals surface area contributed by atoms with E-state index in [1.54, 1.807) is 45.4 Å². The van der Waals surface area contributed by atoms with Crippen LogP contribution in [-0.4, -0.2) is 40.8 Å². The molecule has 0 spiro atoms. The fraction of sp³-hybridized carbons (Fsp3) is 0.280. The molecule has 166 valence electrons. The second-order valence-corrected chi connectivity index (χ2v) is 8.84. The van der Waals surface area contributed by atoms with Gasteiger partial charge in [0.2, 0.25) is 5.91 Å². The van der Waals surface area contributed by atoms with E-state index in [0.29, 0.717) is 18.8 Å². The van der Waals surface area contributed by atoms with Gasteiger partial charge in [0.15, 0.2) is 6.61 Å². The van der Waals surface area contributed by atoms with Gasteiger partial charge in [-0.1, -0.05) is 36.4 Å². The van der Waals surface area contributed by atoms with Crippen molar-refractivity contribution in [1.29, 1.82) is 0 Å². The summed E-state index contributed by atoms with van der Waals surface area (Å²) in [7, 11) is 0. The van der Waals surface area contributed by atoms with Crippen molar-refractivity contribution < 1.29 is 18.7 Å². The smallest absolute Gasteiger partial charge is 0.261 e. The van der Waals surface area contributed by atoms with Crippen molar-refractivity contribution in [2.45, 2.75) is 32.0 Å². The molecule has 2 amide bonds. The predicted octanol–water partition coefficient (Wildman–Crippen LogP) is 4.49. The van der Waals surface area contributed by atoms with Gasteiger partial charge in [-0.3, -0.25) is 9.59 Å². The van der Waals surface area contributed by atoms with Gasteiger partial charge < -0.3 is 14.5 Å². The Morgan fingerprint density at radius 3 is 2.34 bits per heavy atom. The Hall–Kier alpha value is -3.19. The fourth-order valence-electron chi connectivity index (χ4n) is 3.43. The third-order valence-corrected chi connectivity index (χ3v) is 6.15. The number of rotatable bonds is 10. The number of benzene rings is 2. The number of carbonyl (C=O) groups is 2. The zero-order valence-electron chi connectivity index (χ0n) is 17.7. The summed E-state index contributed by atoms with van der Waals surface area (Å²) in [4.78, 5) is 30.6. The van der Waals surface area contributed by atoms with Crippen molar-refractivity contribution in [2.75, 3.05) is 13.2 Å². The van der Waals surface area contributed by atoms with E-state index in [4.69, 9.17) is 4.74 Å². The summed E-state index contributed by atoms with van der Waals surface area (Å²) in [5, 5.41) is 1.97. The molecule has 0 aliphatic heterocycles. The molecule has 0 atom stereocenters. The van der Waals surface area contributed by atoms with E-state index < -0.39 is 0 Å². The standard InChI is InChI=1S/C25H25FN2O3S/c26-20-10-8-19(9-11-20)15-27(16-23-7-4-14-32-23)24(29)17-28(21-12-13-21)25(30)18-31-22-5-2-1-3-6-22/h1-11,14,21H,12-13,15-18H2. The molecule has 3 aromatic rings. The third kappa shape index (κ3) is 6.17. The molecule has 0 saturated heterocycles. The molecule has 1 heterocycles. The Labute approximate surface area is 191 Å². The van der Waals surface area contributed by atoms with Gasteiger partial charge in [-0.2, -0.15) is 0 Å². The first-order valence-electron chi connectivity index (χ1n) is 10.6. The van der Waals surface area contributed by atoms with Gasteiger partial charge in [0, 0.05) is 17.5 Å². The van der Waals surface area contributed by atoms with Gasteiger partial charge in [-0.25, -0.2) is 4.39 Å². The van der Waals surface area contributed by atoms with E-state index in [2.05, 4.69) is 0 Å². The molecule has 7 heteroatoms. The summed E-state index contributed by atoms with van der Waals surface area (Å²) in [5.74, 6) is -0.0161. The van der Waals surface area contributed by atoms with Crippen LogP contribution in [0.5, 0.6) is 5.75 Å². The number of carbonyl (C=O) groups excluding carboxylic acids is 2. The average Bonchev–Trinajstić information content (AvgIpc) is 3.52. The number of hydrogen-bond acceptors (Lipinski definition) is 4. The second-order valence-electron chi connectivity index (χ2n) is 7.81. The molecule has 0 N–H and O–H groups in total. The van der Waals surface area contributed by atoms with Gasteiger partial charge in [0.05, 0.1) is 6.54 Å². The van der Waals surface area contributed by atoms with E-state index >= 15 is 0 Å². The largest absolute Gasteiger partial charge is 0.484 e. The number of ether oxygens (including phenoxy) is 1. The Bertz CT molecular complexity index is 1020.